The number of nitrogens with one attached hydrogen (secondary N) is 2. The molecule has 2 aliphatic heterocycles. The standard InChI is InChI=1S/C22H27N3O3.2ClH/c1-27-19-4-6-20(7-5-19)28-22-13-15(8-9-23-22)14-24-21(26)12-16-10-17-2-3-18(11-16)25-17;;/h4-9,13,16-18,25H,2-3,10-12,14H2,1H3,(H,24,26);2*1H. The number of halogens is 2. The van der Waals surface area contributed by atoms with Crippen LogP contribution in [0.25, 0.3) is 0 Å². The summed E-state index contributed by atoms with van der Waals surface area (Å²) in [6.07, 6.45) is 7.09. The molecular weight excluding hydrogens is 425 g/mol. The van der Waals surface area contributed by atoms with Crippen LogP contribution in [0.15, 0.2) is 42.6 Å². The van der Waals surface area contributed by atoms with Crippen molar-refractivity contribution in [3.8, 4) is 17.4 Å². The van der Waals surface area contributed by atoms with Gasteiger partial charge in [0.1, 0.15) is 11.5 Å². The second-order valence-electron chi connectivity index (χ2n) is 7.74. The quantitative estimate of drug-likeness (QED) is 0.654. The molecule has 30 heavy (non-hydrogen) atoms. The minimum absolute atomic E-state index is 0. The number of rotatable bonds is 7. The van der Waals surface area contributed by atoms with Gasteiger partial charge in [0.15, 0.2) is 0 Å². The van der Waals surface area contributed by atoms with Gasteiger partial charge >= 0.3 is 0 Å². The number of ether oxygens (including phenoxy) is 2. The van der Waals surface area contributed by atoms with Crippen molar-refractivity contribution in [3.05, 3.63) is 48.2 Å². The molecule has 0 saturated carbocycles. The van der Waals surface area contributed by atoms with Crippen LogP contribution >= 0.6 is 24.8 Å². The second-order valence-corrected chi connectivity index (χ2v) is 7.74. The molecular formula is C22H29Cl2N3O3. The number of carbonyl (C=O) groups is 1. The predicted molar refractivity (Wildman–Crippen MR) is 121 cm³/mol. The SMILES string of the molecule is COc1ccc(Oc2cc(CNC(=O)CC3CC4CCC(C3)N4)ccn2)cc1.Cl.Cl. The molecule has 0 radical (unpaired) electrons. The van der Waals surface area contributed by atoms with E-state index in [0.29, 0.717) is 42.6 Å². The van der Waals surface area contributed by atoms with E-state index >= 15 is 0 Å². The van der Waals surface area contributed by atoms with Crippen LogP contribution in [0, 0.1) is 5.92 Å². The number of nitrogens with zero attached hydrogens (tertiary/aromatic N) is 1. The van der Waals surface area contributed by atoms with E-state index in [1.807, 2.05) is 36.4 Å². The molecule has 3 heterocycles. The number of aromatic nitrogens is 1. The lowest BCUT2D eigenvalue weighted by Crippen LogP contribution is -2.39. The minimum atomic E-state index is 0. The first-order chi connectivity index (χ1) is 13.7. The Balaban J connectivity index is 0.00000160. The van der Waals surface area contributed by atoms with Crippen molar-refractivity contribution in [2.75, 3.05) is 7.11 Å². The summed E-state index contributed by atoms with van der Waals surface area (Å²) in [6.45, 7) is 0.484. The average molecular weight is 454 g/mol. The molecule has 2 saturated heterocycles. The summed E-state index contributed by atoms with van der Waals surface area (Å²) >= 11 is 0. The Bertz CT molecular complexity index is 808. The molecule has 2 bridgehead atoms. The molecule has 2 unspecified atom stereocenters. The summed E-state index contributed by atoms with van der Waals surface area (Å²) in [5.41, 5.74) is 0.970. The third kappa shape index (κ3) is 6.49. The average Bonchev–Trinajstić information content (AvgIpc) is 3.05. The van der Waals surface area contributed by atoms with Gasteiger partial charge in [0.05, 0.1) is 7.11 Å². The number of carbonyl (C=O) groups excluding carboxylic acids is 1. The Hall–Kier alpha value is -2.02. The van der Waals surface area contributed by atoms with E-state index in [1.165, 1.54) is 12.8 Å². The third-order valence-corrected chi connectivity index (χ3v) is 5.62. The lowest BCUT2D eigenvalue weighted by molar-refractivity contribution is -0.122. The van der Waals surface area contributed by atoms with Crippen LogP contribution in [0.4, 0.5) is 0 Å². The van der Waals surface area contributed by atoms with Crippen molar-refractivity contribution in [1.29, 1.82) is 0 Å². The first-order valence-electron chi connectivity index (χ1n) is 9.97. The highest BCUT2D eigenvalue weighted by Crippen LogP contribution is 2.32. The van der Waals surface area contributed by atoms with Crippen LogP contribution in [0.3, 0.4) is 0 Å². The van der Waals surface area contributed by atoms with Gasteiger partial charge in [-0.05, 0) is 67.5 Å². The van der Waals surface area contributed by atoms with Gasteiger partial charge in [0.25, 0.3) is 0 Å². The summed E-state index contributed by atoms with van der Waals surface area (Å²) in [4.78, 5) is 16.6. The zero-order chi connectivity index (χ0) is 19.3. The number of hydrogen-bond acceptors (Lipinski definition) is 5. The Morgan fingerprint density at radius 2 is 1.77 bits per heavy atom. The van der Waals surface area contributed by atoms with Gasteiger partial charge in [-0.1, -0.05) is 0 Å². The van der Waals surface area contributed by atoms with Crippen LogP contribution in [0.5, 0.6) is 17.4 Å². The molecule has 1 aromatic carbocycles. The van der Waals surface area contributed by atoms with Crippen molar-refractivity contribution in [1.82, 2.24) is 15.6 Å². The molecule has 164 valence electrons. The largest absolute Gasteiger partial charge is 0.497 e. The van der Waals surface area contributed by atoms with E-state index in [4.69, 9.17) is 9.47 Å². The van der Waals surface area contributed by atoms with Crippen molar-refractivity contribution >= 4 is 30.7 Å². The molecule has 0 spiro atoms. The maximum atomic E-state index is 12.4. The number of methoxy groups -OCH3 is 1. The van der Waals surface area contributed by atoms with E-state index in [1.54, 1.807) is 13.3 Å². The molecule has 2 fully saturated rings. The van der Waals surface area contributed by atoms with Gasteiger partial charge in [-0.3, -0.25) is 4.79 Å². The number of benzene rings is 1. The van der Waals surface area contributed by atoms with Crippen molar-refractivity contribution in [3.63, 3.8) is 0 Å². The fourth-order valence-corrected chi connectivity index (χ4v) is 4.26. The lowest BCUT2D eigenvalue weighted by atomic mass is 9.89. The number of amides is 1. The number of fused-ring (bicyclic) bond motifs is 2. The van der Waals surface area contributed by atoms with Crippen molar-refractivity contribution in [2.24, 2.45) is 5.92 Å². The van der Waals surface area contributed by atoms with Crippen LogP contribution < -0.4 is 20.1 Å². The summed E-state index contributed by atoms with van der Waals surface area (Å²) in [6, 6.07) is 12.3. The van der Waals surface area contributed by atoms with E-state index in [0.717, 1.165) is 24.2 Å². The van der Waals surface area contributed by atoms with Crippen LogP contribution in [0.1, 0.15) is 37.7 Å². The molecule has 6 nitrogen and oxygen atoms in total. The number of pyridine rings is 1. The summed E-state index contributed by atoms with van der Waals surface area (Å²) in [5, 5.41) is 6.67. The Morgan fingerprint density at radius 3 is 2.43 bits per heavy atom. The lowest BCUT2D eigenvalue weighted by Gasteiger charge is -2.28. The highest BCUT2D eigenvalue weighted by Gasteiger charge is 2.34. The second kappa shape index (κ2) is 11.4. The first-order valence-corrected chi connectivity index (χ1v) is 9.97. The van der Waals surface area contributed by atoms with Gasteiger partial charge in [-0.2, -0.15) is 0 Å². The van der Waals surface area contributed by atoms with E-state index in [-0.39, 0.29) is 30.7 Å². The Labute approximate surface area is 190 Å². The van der Waals surface area contributed by atoms with E-state index < -0.39 is 0 Å². The molecule has 2 atom stereocenters. The smallest absolute Gasteiger partial charge is 0.220 e. The Morgan fingerprint density at radius 1 is 1.10 bits per heavy atom. The van der Waals surface area contributed by atoms with Crippen LogP contribution in [0.2, 0.25) is 0 Å². The van der Waals surface area contributed by atoms with Gasteiger partial charge in [0.2, 0.25) is 11.8 Å². The van der Waals surface area contributed by atoms with Crippen molar-refractivity contribution < 1.29 is 14.3 Å². The third-order valence-electron chi connectivity index (χ3n) is 5.62. The number of piperidine rings is 1. The fourth-order valence-electron chi connectivity index (χ4n) is 4.26. The molecule has 1 aromatic heterocycles. The summed E-state index contributed by atoms with van der Waals surface area (Å²) in [5.74, 6) is 2.60. The first kappa shape index (κ1) is 24.3. The highest BCUT2D eigenvalue weighted by atomic mass is 35.5. The molecule has 4 rings (SSSR count). The van der Waals surface area contributed by atoms with Gasteiger partial charge in [-0.15, -0.1) is 24.8 Å². The predicted octanol–water partition coefficient (Wildman–Crippen LogP) is 4.26. The van der Waals surface area contributed by atoms with E-state index in [9.17, 15) is 4.79 Å². The normalized spacial score (nSPS) is 21.7. The molecule has 2 aliphatic rings. The Kier molecular flexibility index (Phi) is 9.21. The van der Waals surface area contributed by atoms with Gasteiger partial charge in [0, 0.05) is 37.3 Å². The number of hydrogen-bond donors (Lipinski definition) is 2. The zero-order valence-corrected chi connectivity index (χ0v) is 18.6. The monoisotopic (exact) mass is 453 g/mol. The molecule has 8 heteroatoms. The van der Waals surface area contributed by atoms with Crippen LogP contribution in [-0.2, 0) is 11.3 Å². The van der Waals surface area contributed by atoms with Crippen LogP contribution in [-0.4, -0.2) is 30.1 Å². The molecule has 2 aromatic rings. The zero-order valence-electron chi connectivity index (χ0n) is 17.0. The molecule has 2 N–H and O–H groups in total. The summed E-state index contributed by atoms with van der Waals surface area (Å²) < 4.78 is 10.9. The maximum Gasteiger partial charge on any atom is 0.220 e. The fraction of sp³-hybridized carbons (Fsp3) is 0.455. The van der Waals surface area contributed by atoms with Crippen molar-refractivity contribution in [2.45, 2.75) is 50.7 Å². The molecule has 1 amide bonds. The molecule has 0 aliphatic carbocycles. The topological polar surface area (TPSA) is 72.5 Å². The minimum Gasteiger partial charge on any atom is -0.497 e. The highest BCUT2D eigenvalue weighted by molar-refractivity contribution is 5.85. The maximum absolute atomic E-state index is 12.4. The van der Waals surface area contributed by atoms with E-state index in [2.05, 4.69) is 15.6 Å². The summed E-state index contributed by atoms with van der Waals surface area (Å²) in [7, 11) is 1.63. The van der Waals surface area contributed by atoms with Gasteiger partial charge < -0.3 is 20.1 Å². The van der Waals surface area contributed by atoms with Gasteiger partial charge in [-0.25, -0.2) is 4.98 Å².